The first-order chi connectivity index (χ1) is 7.08. The number of methoxy groups -OCH3 is 1. The van der Waals surface area contributed by atoms with Crippen LogP contribution in [-0.4, -0.2) is 29.0 Å². The number of carbonyl (C=O) groups is 1. The Kier molecular flexibility index (Phi) is 2.17. The Balaban J connectivity index is 2.20. The second kappa shape index (κ2) is 3.25. The normalized spacial score (nSPS) is 28.6. The summed E-state index contributed by atoms with van der Waals surface area (Å²) >= 11 is 0. The van der Waals surface area contributed by atoms with Crippen LogP contribution in [0, 0.1) is 5.41 Å². The Labute approximate surface area is 86.5 Å². The zero-order valence-electron chi connectivity index (χ0n) is 8.53. The van der Waals surface area contributed by atoms with Gasteiger partial charge < -0.3 is 4.74 Å². The molecule has 1 heterocycles. The van der Waals surface area contributed by atoms with E-state index in [9.17, 15) is 9.18 Å². The largest absolute Gasteiger partial charge is 0.467 e. The van der Waals surface area contributed by atoms with Crippen LogP contribution in [0.3, 0.4) is 0 Å². The van der Waals surface area contributed by atoms with Crippen molar-refractivity contribution in [2.75, 3.05) is 7.11 Å². The molecular weight excluding hydrogens is 199 g/mol. The Morgan fingerprint density at radius 1 is 1.60 bits per heavy atom. The van der Waals surface area contributed by atoms with Crippen molar-refractivity contribution in [3.63, 3.8) is 0 Å². The van der Waals surface area contributed by atoms with E-state index >= 15 is 0 Å². The molecule has 1 aliphatic rings. The van der Waals surface area contributed by atoms with Crippen molar-refractivity contribution >= 4 is 5.78 Å². The minimum absolute atomic E-state index is 0.198. The molecule has 1 aromatic rings. The lowest BCUT2D eigenvalue weighted by Gasteiger charge is -2.06. The van der Waals surface area contributed by atoms with Crippen LogP contribution >= 0.6 is 0 Å². The van der Waals surface area contributed by atoms with Gasteiger partial charge in [0.05, 0.1) is 18.1 Å². The van der Waals surface area contributed by atoms with Crippen molar-refractivity contribution in [3.8, 4) is 6.01 Å². The van der Waals surface area contributed by atoms with Crippen molar-refractivity contribution in [1.82, 2.24) is 9.97 Å². The fraction of sp³-hybridized carbons (Fsp3) is 0.500. The predicted molar refractivity (Wildman–Crippen MR) is 50.5 cm³/mol. The third-order valence-electron chi connectivity index (χ3n) is 2.73. The Hall–Kier alpha value is -1.52. The van der Waals surface area contributed by atoms with Gasteiger partial charge in [-0.15, -0.1) is 0 Å². The fourth-order valence-electron chi connectivity index (χ4n) is 1.42. The first kappa shape index (κ1) is 10.0. The number of hydrogen-bond acceptors (Lipinski definition) is 4. The van der Waals surface area contributed by atoms with E-state index in [0.717, 1.165) is 0 Å². The molecule has 2 atom stereocenters. The molecule has 2 rings (SSSR count). The quantitative estimate of drug-likeness (QED) is 0.708. The van der Waals surface area contributed by atoms with Gasteiger partial charge in [-0.25, -0.2) is 14.4 Å². The first-order valence-electron chi connectivity index (χ1n) is 4.63. The molecule has 0 aromatic carbocycles. The number of rotatable bonds is 3. The Bertz CT molecular complexity index is 393. The van der Waals surface area contributed by atoms with Crippen molar-refractivity contribution in [1.29, 1.82) is 0 Å². The number of ether oxygens (including phenoxy) is 1. The van der Waals surface area contributed by atoms with Gasteiger partial charge in [0.1, 0.15) is 6.17 Å². The zero-order valence-corrected chi connectivity index (χ0v) is 8.53. The minimum atomic E-state index is -1.04. The topological polar surface area (TPSA) is 52.1 Å². The minimum Gasteiger partial charge on any atom is -0.467 e. The van der Waals surface area contributed by atoms with Gasteiger partial charge in [0.25, 0.3) is 0 Å². The van der Waals surface area contributed by atoms with Crippen LogP contribution < -0.4 is 4.74 Å². The third kappa shape index (κ3) is 1.58. The molecule has 1 aliphatic carbocycles. The summed E-state index contributed by atoms with van der Waals surface area (Å²) in [5, 5.41) is 0. The van der Waals surface area contributed by atoms with Crippen LogP contribution in [-0.2, 0) is 0 Å². The molecule has 2 unspecified atom stereocenters. The van der Waals surface area contributed by atoms with Gasteiger partial charge in [-0.3, -0.25) is 4.79 Å². The van der Waals surface area contributed by atoms with E-state index in [1.54, 1.807) is 6.92 Å². The summed E-state index contributed by atoms with van der Waals surface area (Å²) < 4.78 is 17.7. The second-order valence-corrected chi connectivity index (χ2v) is 3.88. The molecule has 0 saturated heterocycles. The summed E-state index contributed by atoms with van der Waals surface area (Å²) in [5.41, 5.74) is -0.531. The van der Waals surface area contributed by atoms with Gasteiger partial charge in [0.15, 0.2) is 5.78 Å². The number of Topliss-reactive ketones (excluding diaryl/α,β-unsaturated/α-hetero) is 1. The summed E-state index contributed by atoms with van der Waals surface area (Å²) in [6, 6.07) is 0.198. The van der Waals surface area contributed by atoms with E-state index in [2.05, 4.69) is 9.97 Å². The van der Waals surface area contributed by atoms with E-state index < -0.39 is 11.6 Å². The number of carbonyl (C=O) groups excluding carboxylic acids is 1. The van der Waals surface area contributed by atoms with E-state index in [1.807, 2.05) is 0 Å². The van der Waals surface area contributed by atoms with Gasteiger partial charge in [0, 0.05) is 12.4 Å². The van der Waals surface area contributed by atoms with Gasteiger partial charge >= 0.3 is 6.01 Å². The van der Waals surface area contributed by atoms with Gasteiger partial charge in [0.2, 0.25) is 0 Å². The van der Waals surface area contributed by atoms with Crippen LogP contribution in [0.4, 0.5) is 4.39 Å². The first-order valence-corrected chi connectivity index (χ1v) is 4.63. The number of ketones is 1. The Morgan fingerprint density at radius 2 is 2.13 bits per heavy atom. The molecule has 5 heteroatoms. The van der Waals surface area contributed by atoms with Gasteiger partial charge in [-0.2, -0.15) is 0 Å². The number of hydrogen-bond donors (Lipinski definition) is 0. The number of halogens is 1. The van der Waals surface area contributed by atoms with Crippen LogP contribution in [0.2, 0.25) is 0 Å². The molecule has 0 bridgehead atoms. The molecule has 0 N–H and O–H groups in total. The van der Waals surface area contributed by atoms with Crippen molar-refractivity contribution in [3.05, 3.63) is 18.0 Å². The van der Waals surface area contributed by atoms with E-state index in [4.69, 9.17) is 4.74 Å². The smallest absolute Gasteiger partial charge is 0.316 e. The third-order valence-corrected chi connectivity index (χ3v) is 2.73. The lowest BCUT2D eigenvalue weighted by molar-refractivity contribution is 0.0892. The predicted octanol–water partition coefficient (Wildman–Crippen LogP) is 1.42. The summed E-state index contributed by atoms with van der Waals surface area (Å²) in [7, 11) is 1.44. The van der Waals surface area contributed by atoms with Crippen molar-refractivity contribution < 1.29 is 13.9 Å². The molecule has 1 aromatic heterocycles. The number of alkyl halides is 1. The highest BCUT2D eigenvalue weighted by Crippen LogP contribution is 2.50. The summed E-state index contributed by atoms with van der Waals surface area (Å²) in [6.07, 6.45) is 1.99. The molecule has 0 radical (unpaired) electrons. The van der Waals surface area contributed by atoms with Gasteiger partial charge in [-0.05, 0) is 13.3 Å². The molecule has 15 heavy (non-hydrogen) atoms. The van der Waals surface area contributed by atoms with Crippen molar-refractivity contribution in [2.24, 2.45) is 5.41 Å². The maximum Gasteiger partial charge on any atom is 0.316 e. The van der Waals surface area contributed by atoms with E-state index in [-0.39, 0.29) is 18.2 Å². The standard InChI is InChI=1S/C10H11FN2O2/c1-10(3-7(10)11)8(14)6-4-12-9(15-2)13-5-6/h4-5,7H,3H2,1-2H3. The molecule has 1 saturated carbocycles. The van der Waals surface area contributed by atoms with Gasteiger partial charge in [-0.1, -0.05) is 0 Å². The number of nitrogens with zero attached hydrogens (tertiary/aromatic N) is 2. The monoisotopic (exact) mass is 210 g/mol. The van der Waals surface area contributed by atoms with Crippen LogP contribution in [0.1, 0.15) is 23.7 Å². The second-order valence-electron chi connectivity index (χ2n) is 3.88. The lowest BCUT2D eigenvalue weighted by Crippen LogP contribution is -2.15. The number of aromatic nitrogens is 2. The molecular formula is C10H11FN2O2. The highest BCUT2D eigenvalue weighted by atomic mass is 19.1. The average molecular weight is 210 g/mol. The highest BCUT2D eigenvalue weighted by molar-refractivity contribution is 6.02. The fourth-order valence-corrected chi connectivity index (χ4v) is 1.42. The molecule has 0 amide bonds. The highest BCUT2D eigenvalue weighted by Gasteiger charge is 2.57. The lowest BCUT2D eigenvalue weighted by atomic mass is 9.99. The molecule has 80 valence electrons. The van der Waals surface area contributed by atoms with Crippen molar-refractivity contribution in [2.45, 2.75) is 19.5 Å². The van der Waals surface area contributed by atoms with Crippen LogP contribution in [0.25, 0.3) is 0 Å². The van der Waals surface area contributed by atoms with Crippen LogP contribution in [0.15, 0.2) is 12.4 Å². The van der Waals surface area contributed by atoms with E-state index in [0.29, 0.717) is 5.56 Å². The zero-order chi connectivity index (χ0) is 11.1. The SMILES string of the molecule is COc1ncc(C(=O)C2(C)CC2F)cn1. The maximum atomic E-state index is 13.0. The average Bonchev–Trinajstić information content (AvgIpc) is 2.87. The Morgan fingerprint density at radius 3 is 2.53 bits per heavy atom. The molecule has 4 nitrogen and oxygen atoms in total. The molecule has 1 fully saturated rings. The summed E-state index contributed by atoms with van der Waals surface area (Å²) in [6.45, 7) is 1.62. The summed E-state index contributed by atoms with van der Waals surface area (Å²) in [5.74, 6) is -0.238. The molecule has 0 spiro atoms. The molecule has 0 aliphatic heterocycles. The van der Waals surface area contributed by atoms with Crippen LogP contribution in [0.5, 0.6) is 6.01 Å². The summed E-state index contributed by atoms with van der Waals surface area (Å²) in [4.78, 5) is 19.4. The van der Waals surface area contributed by atoms with E-state index in [1.165, 1.54) is 19.5 Å². The maximum absolute atomic E-state index is 13.0.